The van der Waals surface area contributed by atoms with Crippen LogP contribution in [0.5, 0.6) is 0 Å². The van der Waals surface area contributed by atoms with Crippen LogP contribution < -0.4 is 5.32 Å². The third-order valence-electron chi connectivity index (χ3n) is 3.17. The van der Waals surface area contributed by atoms with Crippen molar-refractivity contribution in [2.24, 2.45) is 4.99 Å². The van der Waals surface area contributed by atoms with Gasteiger partial charge in [0, 0.05) is 19.8 Å². The Bertz CT molecular complexity index is 719. The molecule has 0 saturated carbocycles. The van der Waals surface area contributed by atoms with Crippen LogP contribution in [0.1, 0.15) is 23.5 Å². The molecule has 0 aliphatic rings. The summed E-state index contributed by atoms with van der Waals surface area (Å²) >= 11 is 1.31. The van der Waals surface area contributed by atoms with Crippen molar-refractivity contribution in [2.75, 3.05) is 19.4 Å². The van der Waals surface area contributed by atoms with Gasteiger partial charge in [0.15, 0.2) is 6.29 Å². The molecule has 2 aromatic rings. The van der Waals surface area contributed by atoms with Crippen molar-refractivity contribution in [3.63, 3.8) is 0 Å². The Kier molecular flexibility index (Phi) is 4.64. The Morgan fingerprint density at radius 3 is 2.86 bits per heavy atom. The highest BCUT2D eigenvalue weighted by Gasteiger charge is 2.16. The summed E-state index contributed by atoms with van der Waals surface area (Å²) in [6.45, 7) is 3.95. The van der Waals surface area contributed by atoms with Crippen LogP contribution in [-0.2, 0) is 0 Å². The van der Waals surface area contributed by atoms with E-state index in [1.165, 1.54) is 17.7 Å². The zero-order valence-electron chi connectivity index (χ0n) is 12.4. The van der Waals surface area contributed by atoms with E-state index in [2.05, 4.69) is 20.3 Å². The highest BCUT2D eigenvalue weighted by atomic mass is 32.1. The van der Waals surface area contributed by atoms with Crippen LogP contribution in [-0.4, -0.2) is 41.6 Å². The van der Waals surface area contributed by atoms with E-state index in [0.29, 0.717) is 16.4 Å². The van der Waals surface area contributed by atoms with Gasteiger partial charge in [-0.3, -0.25) is 4.79 Å². The normalized spacial score (nSPS) is 12.1. The minimum atomic E-state index is 0.546. The van der Waals surface area contributed by atoms with E-state index in [0.717, 1.165) is 22.2 Å². The van der Waals surface area contributed by atoms with Gasteiger partial charge in [-0.15, -0.1) is 11.3 Å². The second kappa shape index (κ2) is 6.45. The number of hydrogen-bond acceptors (Lipinski definition) is 6. The maximum atomic E-state index is 11.3. The summed E-state index contributed by atoms with van der Waals surface area (Å²) in [4.78, 5) is 27.3. The van der Waals surface area contributed by atoms with E-state index in [-0.39, 0.29) is 0 Å². The van der Waals surface area contributed by atoms with Crippen molar-refractivity contribution < 1.29 is 4.79 Å². The molecule has 6 nitrogen and oxygen atoms in total. The lowest BCUT2D eigenvalue weighted by molar-refractivity contribution is 0.112. The number of nitrogens with one attached hydrogen (secondary N) is 1. The van der Waals surface area contributed by atoms with Gasteiger partial charge < -0.3 is 10.2 Å². The number of nitrogens with zero attached hydrogens (tertiary/aromatic N) is 4. The first-order valence-corrected chi connectivity index (χ1v) is 7.24. The molecule has 0 aliphatic heterocycles. The standard InChI is InChI=1S/C14H17N5OS/c1-5-9(2)19(4)8-18-12-10(6-20)21-14-11(12)13(15-3)16-7-17-14/h5-8H,1-4H3,(H,15,16,17)/b9-5+,18-8?. The highest BCUT2D eigenvalue weighted by Crippen LogP contribution is 2.38. The number of aromatic nitrogens is 2. The van der Waals surface area contributed by atoms with Gasteiger partial charge in [0.05, 0.1) is 22.3 Å². The average Bonchev–Trinajstić information content (AvgIpc) is 2.89. The van der Waals surface area contributed by atoms with Crippen molar-refractivity contribution in [1.82, 2.24) is 14.9 Å². The van der Waals surface area contributed by atoms with Crippen LogP contribution in [0.15, 0.2) is 23.1 Å². The number of anilines is 1. The SMILES string of the molecule is C/C=C(\C)N(C)C=Nc1c(C=O)sc2ncnc(NC)c12. The smallest absolute Gasteiger partial charge is 0.162 e. The van der Waals surface area contributed by atoms with Crippen LogP contribution in [0.3, 0.4) is 0 Å². The summed E-state index contributed by atoms with van der Waals surface area (Å²) in [6, 6.07) is 0. The molecular weight excluding hydrogens is 286 g/mol. The lowest BCUT2D eigenvalue weighted by Crippen LogP contribution is -2.12. The van der Waals surface area contributed by atoms with Gasteiger partial charge in [0.25, 0.3) is 0 Å². The van der Waals surface area contributed by atoms with Crippen LogP contribution in [0.25, 0.3) is 10.2 Å². The van der Waals surface area contributed by atoms with Gasteiger partial charge >= 0.3 is 0 Å². The molecule has 2 aromatic heterocycles. The first-order chi connectivity index (χ1) is 10.1. The first kappa shape index (κ1) is 15.1. The number of allylic oxidation sites excluding steroid dienone is 2. The van der Waals surface area contributed by atoms with Crippen LogP contribution >= 0.6 is 11.3 Å². The molecule has 21 heavy (non-hydrogen) atoms. The fraction of sp³-hybridized carbons (Fsp3) is 0.286. The molecule has 0 atom stereocenters. The molecule has 0 fully saturated rings. The van der Waals surface area contributed by atoms with E-state index < -0.39 is 0 Å². The van der Waals surface area contributed by atoms with Gasteiger partial charge in [-0.25, -0.2) is 15.0 Å². The maximum absolute atomic E-state index is 11.3. The molecule has 0 saturated heterocycles. The molecule has 0 aliphatic carbocycles. The predicted molar refractivity (Wildman–Crippen MR) is 87.7 cm³/mol. The Hall–Kier alpha value is -2.28. The molecule has 0 amide bonds. The van der Waals surface area contributed by atoms with Crippen molar-refractivity contribution in [3.8, 4) is 0 Å². The summed E-state index contributed by atoms with van der Waals surface area (Å²) in [6.07, 6.45) is 5.96. The second-order valence-electron chi connectivity index (χ2n) is 4.37. The number of rotatable bonds is 5. The lowest BCUT2D eigenvalue weighted by Gasteiger charge is -2.12. The highest BCUT2D eigenvalue weighted by molar-refractivity contribution is 7.21. The average molecular weight is 303 g/mol. The number of hydrogen-bond donors (Lipinski definition) is 1. The molecule has 0 radical (unpaired) electrons. The Morgan fingerprint density at radius 1 is 1.48 bits per heavy atom. The molecule has 0 unspecified atom stereocenters. The van der Waals surface area contributed by atoms with Crippen LogP contribution in [0.2, 0.25) is 0 Å². The molecule has 0 spiro atoms. The van der Waals surface area contributed by atoms with Crippen molar-refractivity contribution in [2.45, 2.75) is 13.8 Å². The molecule has 0 bridgehead atoms. The minimum absolute atomic E-state index is 0.546. The largest absolute Gasteiger partial charge is 0.372 e. The molecule has 2 heterocycles. The third kappa shape index (κ3) is 2.92. The Labute approximate surface area is 127 Å². The third-order valence-corrected chi connectivity index (χ3v) is 4.18. The molecule has 0 aromatic carbocycles. The number of carbonyl (C=O) groups is 1. The molecule has 110 valence electrons. The zero-order chi connectivity index (χ0) is 15.4. The number of aliphatic imine (C=N–C) groups is 1. The predicted octanol–water partition coefficient (Wildman–Crippen LogP) is 3.06. The van der Waals surface area contributed by atoms with E-state index in [1.54, 1.807) is 13.4 Å². The van der Waals surface area contributed by atoms with Crippen molar-refractivity contribution >= 4 is 45.7 Å². The fourth-order valence-electron chi connectivity index (χ4n) is 1.77. The van der Waals surface area contributed by atoms with Gasteiger partial charge in [0.2, 0.25) is 0 Å². The summed E-state index contributed by atoms with van der Waals surface area (Å²) in [5, 5.41) is 3.78. The van der Waals surface area contributed by atoms with Crippen molar-refractivity contribution in [3.05, 3.63) is 23.0 Å². The monoisotopic (exact) mass is 303 g/mol. The van der Waals surface area contributed by atoms with E-state index >= 15 is 0 Å². The van der Waals surface area contributed by atoms with Crippen molar-refractivity contribution in [1.29, 1.82) is 0 Å². The maximum Gasteiger partial charge on any atom is 0.162 e. The summed E-state index contributed by atoms with van der Waals surface area (Å²) in [5.41, 5.74) is 1.67. The molecule has 2 rings (SSSR count). The number of fused-ring (bicyclic) bond motifs is 1. The molecule has 7 heteroatoms. The Balaban J connectivity index is 2.56. The quantitative estimate of drug-likeness (QED) is 0.522. The van der Waals surface area contributed by atoms with Crippen LogP contribution in [0.4, 0.5) is 11.5 Å². The van der Waals surface area contributed by atoms with E-state index in [9.17, 15) is 4.79 Å². The van der Waals surface area contributed by atoms with Gasteiger partial charge in [0.1, 0.15) is 17.0 Å². The van der Waals surface area contributed by atoms with E-state index in [4.69, 9.17) is 0 Å². The van der Waals surface area contributed by atoms with Gasteiger partial charge in [-0.2, -0.15) is 0 Å². The zero-order valence-corrected chi connectivity index (χ0v) is 13.2. The van der Waals surface area contributed by atoms with E-state index in [1.807, 2.05) is 31.9 Å². The first-order valence-electron chi connectivity index (χ1n) is 6.42. The topological polar surface area (TPSA) is 70.5 Å². The van der Waals surface area contributed by atoms with Gasteiger partial charge in [-0.1, -0.05) is 6.08 Å². The minimum Gasteiger partial charge on any atom is -0.372 e. The fourth-order valence-corrected chi connectivity index (χ4v) is 2.68. The number of carbonyl (C=O) groups excluding carboxylic acids is 1. The summed E-state index contributed by atoms with van der Waals surface area (Å²) < 4.78 is 0. The lowest BCUT2D eigenvalue weighted by atomic mass is 10.3. The summed E-state index contributed by atoms with van der Waals surface area (Å²) in [5.74, 6) is 0.668. The van der Waals surface area contributed by atoms with Crippen LogP contribution in [0, 0.1) is 0 Å². The van der Waals surface area contributed by atoms with Gasteiger partial charge in [-0.05, 0) is 13.8 Å². The second-order valence-corrected chi connectivity index (χ2v) is 5.40. The Morgan fingerprint density at radius 2 is 2.24 bits per heavy atom. The molecular formula is C14H17N5OS. The summed E-state index contributed by atoms with van der Waals surface area (Å²) in [7, 11) is 3.69. The molecule has 1 N–H and O–H groups in total. The number of aldehydes is 1. The number of thiophene rings is 1.